The number of ether oxygens (including phenoxy) is 2. The fraction of sp³-hybridized carbons (Fsp3) is 0.0625. The van der Waals surface area contributed by atoms with Crippen molar-refractivity contribution in [2.45, 2.75) is 0 Å². The van der Waals surface area contributed by atoms with Crippen LogP contribution in [0.2, 0.25) is 0 Å². The van der Waals surface area contributed by atoms with Crippen molar-refractivity contribution in [2.24, 2.45) is 0 Å². The molecule has 0 aromatic heterocycles. The fourth-order valence-corrected chi connectivity index (χ4v) is 1.66. The Kier molecular flexibility index (Phi) is 4.39. The molecular formula is C16H14O4. The van der Waals surface area contributed by atoms with Crippen LogP contribution in [0.25, 0.3) is 6.08 Å². The third-order valence-electron chi connectivity index (χ3n) is 2.58. The maximum Gasteiger partial charge on any atom is 0.328 e. The zero-order valence-corrected chi connectivity index (χ0v) is 10.9. The van der Waals surface area contributed by atoms with Crippen LogP contribution in [0.15, 0.2) is 54.6 Å². The van der Waals surface area contributed by atoms with Crippen molar-refractivity contribution in [3.63, 3.8) is 0 Å². The fourth-order valence-electron chi connectivity index (χ4n) is 1.66. The smallest absolute Gasteiger partial charge is 0.328 e. The molecule has 0 unspecified atom stereocenters. The minimum atomic E-state index is -0.994. The van der Waals surface area contributed by atoms with E-state index in [1.165, 1.54) is 6.08 Å². The number of carbonyl (C=O) groups is 1. The van der Waals surface area contributed by atoms with E-state index in [4.69, 9.17) is 14.6 Å². The predicted octanol–water partition coefficient (Wildman–Crippen LogP) is 3.59. The lowest BCUT2D eigenvalue weighted by Crippen LogP contribution is -1.91. The first-order chi connectivity index (χ1) is 9.69. The molecule has 0 radical (unpaired) electrons. The molecule has 0 aliphatic heterocycles. The van der Waals surface area contributed by atoms with E-state index in [2.05, 4.69) is 0 Å². The molecule has 0 saturated heterocycles. The second kappa shape index (κ2) is 6.43. The van der Waals surface area contributed by atoms with E-state index in [1.807, 2.05) is 30.3 Å². The molecular weight excluding hydrogens is 256 g/mol. The lowest BCUT2D eigenvalue weighted by molar-refractivity contribution is -0.131. The molecule has 2 aromatic rings. The van der Waals surface area contributed by atoms with E-state index in [0.29, 0.717) is 17.2 Å². The van der Waals surface area contributed by atoms with Crippen LogP contribution in [-0.2, 0) is 4.79 Å². The van der Waals surface area contributed by atoms with Gasteiger partial charge in [-0.25, -0.2) is 4.79 Å². The minimum absolute atomic E-state index is 0.534. The van der Waals surface area contributed by atoms with Gasteiger partial charge in [0.15, 0.2) is 11.5 Å². The van der Waals surface area contributed by atoms with Crippen molar-refractivity contribution >= 4 is 12.0 Å². The molecule has 0 aliphatic rings. The van der Waals surface area contributed by atoms with Gasteiger partial charge in [0.25, 0.3) is 0 Å². The number of benzene rings is 2. The summed E-state index contributed by atoms with van der Waals surface area (Å²) in [7, 11) is 1.56. The Morgan fingerprint density at radius 1 is 1.10 bits per heavy atom. The molecule has 0 spiro atoms. The molecule has 0 amide bonds. The van der Waals surface area contributed by atoms with Gasteiger partial charge in [0, 0.05) is 6.08 Å². The van der Waals surface area contributed by atoms with E-state index in [-0.39, 0.29) is 0 Å². The summed E-state index contributed by atoms with van der Waals surface area (Å²) in [4.78, 5) is 10.5. The van der Waals surface area contributed by atoms with Gasteiger partial charge in [0.05, 0.1) is 7.11 Å². The van der Waals surface area contributed by atoms with Crippen LogP contribution in [-0.4, -0.2) is 18.2 Å². The van der Waals surface area contributed by atoms with Crippen LogP contribution >= 0.6 is 0 Å². The second-order valence-corrected chi connectivity index (χ2v) is 4.00. The summed E-state index contributed by atoms with van der Waals surface area (Å²) in [6.45, 7) is 0. The highest BCUT2D eigenvalue weighted by atomic mass is 16.5. The summed E-state index contributed by atoms with van der Waals surface area (Å²) < 4.78 is 11.0. The number of aliphatic carboxylic acids is 1. The van der Waals surface area contributed by atoms with E-state index >= 15 is 0 Å². The minimum Gasteiger partial charge on any atom is -0.493 e. The van der Waals surface area contributed by atoms with Gasteiger partial charge in [-0.2, -0.15) is 0 Å². The van der Waals surface area contributed by atoms with Crippen molar-refractivity contribution in [1.82, 2.24) is 0 Å². The van der Waals surface area contributed by atoms with E-state index in [0.717, 1.165) is 11.6 Å². The maximum absolute atomic E-state index is 10.5. The molecule has 0 saturated carbocycles. The van der Waals surface area contributed by atoms with Crippen molar-refractivity contribution in [3.05, 3.63) is 60.2 Å². The van der Waals surface area contributed by atoms with Gasteiger partial charge >= 0.3 is 5.97 Å². The summed E-state index contributed by atoms with van der Waals surface area (Å²) in [5.41, 5.74) is 0.721. The first-order valence-electron chi connectivity index (χ1n) is 6.01. The Morgan fingerprint density at radius 2 is 1.85 bits per heavy atom. The summed E-state index contributed by atoms with van der Waals surface area (Å²) in [6.07, 6.45) is 2.58. The van der Waals surface area contributed by atoms with Crippen molar-refractivity contribution in [1.29, 1.82) is 0 Å². The van der Waals surface area contributed by atoms with Crippen LogP contribution in [0.1, 0.15) is 5.56 Å². The summed E-state index contributed by atoms with van der Waals surface area (Å²) in [6, 6.07) is 14.5. The van der Waals surface area contributed by atoms with Crippen LogP contribution < -0.4 is 9.47 Å². The number of hydrogen-bond acceptors (Lipinski definition) is 3. The maximum atomic E-state index is 10.5. The third kappa shape index (κ3) is 3.62. The molecule has 4 nitrogen and oxygen atoms in total. The van der Waals surface area contributed by atoms with Crippen molar-refractivity contribution in [3.8, 4) is 17.2 Å². The Morgan fingerprint density at radius 3 is 2.50 bits per heavy atom. The van der Waals surface area contributed by atoms with Gasteiger partial charge in [-0.3, -0.25) is 0 Å². The largest absolute Gasteiger partial charge is 0.493 e. The molecule has 0 bridgehead atoms. The van der Waals surface area contributed by atoms with Gasteiger partial charge < -0.3 is 14.6 Å². The van der Waals surface area contributed by atoms with Crippen LogP contribution in [0.5, 0.6) is 17.2 Å². The Balaban J connectivity index is 2.29. The Labute approximate surface area is 116 Å². The molecule has 0 fully saturated rings. The summed E-state index contributed by atoms with van der Waals surface area (Å²) >= 11 is 0. The molecule has 0 atom stereocenters. The highest BCUT2D eigenvalue weighted by Crippen LogP contribution is 2.32. The molecule has 2 aromatic carbocycles. The van der Waals surface area contributed by atoms with Gasteiger partial charge in [-0.1, -0.05) is 24.3 Å². The lowest BCUT2D eigenvalue weighted by Gasteiger charge is -2.11. The van der Waals surface area contributed by atoms with Gasteiger partial charge in [0.1, 0.15) is 5.75 Å². The quantitative estimate of drug-likeness (QED) is 0.844. The van der Waals surface area contributed by atoms with Gasteiger partial charge in [0.2, 0.25) is 0 Å². The lowest BCUT2D eigenvalue weighted by atomic mass is 10.2. The number of hydrogen-bond donors (Lipinski definition) is 1. The highest BCUT2D eigenvalue weighted by molar-refractivity contribution is 5.85. The standard InChI is InChI=1S/C16H14O4/c1-19-14-9-7-12(8-10-16(17)18)11-15(14)20-13-5-3-2-4-6-13/h2-11H,1H3,(H,17,18)/b10-8+. The monoisotopic (exact) mass is 270 g/mol. The van der Waals surface area contributed by atoms with Crippen LogP contribution in [0.3, 0.4) is 0 Å². The number of carboxylic acids is 1. The van der Waals surface area contributed by atoms with Gasteiger partial charge in [-0.15, -0.1) is 0 Å². The normalized spacial score (nSPS) is 10.4. The molecule has 4 heteroatoms. The van der Waals surface area contributed by atoms with E-state index in [1.54, 1.807) is 25.3 Å². The van der Waals surface area contributed by atoms with Gasteiger partial charge in [-0.05, 0) is 35.9 Å². The SMILES string of the molecule is COc1ccc(/C=C/C(=O)O)cc1Oc1ccccc1. The first-order valence-corrected chi connectivity index (χ1v) is 6.01. The second-order valence-electron chi connectivity index (χ2n) is 4.00. The Hall–Kier alpha value is -2.75. The van der Waals surface area contributed by atoms with E-state index < -0.39 is 5.97 Å². The topological polar surface area (TPSA) is 55.8 Å². The Bertz CT molecular complexity index is 618. The van der Waals surface area contributed by atoms with Crippen LogP contribution in [0.4, 0.5) is 0 Å². The van der Waals surface area contributed by atoms with E-state index in [9.17, 15) is 4.79 Å². The highest BCUT2D eigenvalue weighted by Gasteiger charge is 2.06. The van der Waals surface area contributed by atoms with Crippen molar-refractivity contribution < 1.29 is 19.4 Å². The predicted molar refractivity (Wildman–Crippen MR) is 76.2 cm³/mol. The zero-order valence-electron chi connectivity index (χ0n) is 10.9. The number of methoxy groups -OCH3 is 1. The summed E-state index contributed by atoms with van der Waals surface area (Å²) in [5.74, 6) is 0.809. The third-order valence-corrected chi connectivity index (χ3v) is 2.58. The zero-order chi connectivity index (χ0) is 14.4. The average molecular weight is 270 g/mol. The molecule has 20 heavy (non-hydrogen) atoms. The molecule has 0 aliphatic carbocycles. The number of carboxylic acid groups (broad SMARTS) is 1. The van der Waals surface area contributed by atoms with Crippen LogP contribution in [0, 0.1) is 0 Å². The summed E-state index contributed by atoms with van der Waals surface area (Å²) in [5, 5.41) is 8.64. The first kappa shape index (κ1) is 13.7. The van der Waals surface area contributed by atoms with Crippen molar-refractivity contribution in [2.75, 3.05) is 7.11 Å². The number of rotatable bonds is 5. The average Bonchev–Trinajstić information content (AvgIpc) is 2.46. The molecule has 0 heterocycles. The molecule has 1 N–H and O–H groups in total. The molecule has 2 rings (SSSR count). The number of para-hydroxylation sites is 1. The molecule has 102 valence electrons.